The van der Waals surface area contributed by atoms with Crippen LogP contribution in [0, 0.1) is 5.41 Å². The largest absolute Gasteiger partial charge is 0.407 e. The fourth-order valence-electron chi connectivity index (χ4n) is 0.461. The molecule has 92 valence electrons. The lowest BCUT2D eigenvalue weighted by atomic mass is 9.88. The summed E-state index contributed by atoms with van der Waals surface area (Å²) in [6, 6.07) is 0. The van der Waals surface area contributed by atoms with E-state index in [0.717, 1.165) is 5.57 Å². The van der Waals surface area contributed by atoms with Gasteiger partial charge in [0.2, 0.25) is 5.88 Å². The summed E-state index contributed by atoms with van der Waals surface area (Å²) in [4.78, 5) is 4.02. The second-order valence-corrected chi connectivity index (χ2v) is 4.59. The molecule has 0 spiro atoms. The first kappa shape index (κ1) is 17.4. The number of hydrogen-bond donors (Lipinski definition) is 0. The fourth-order valence-corrected chi connectivity index (χ4v) is 0.697. The van der Waals surface area contributed by atoms with Crippen LogP contribution < -0.4 is 0 Å². The third-order valence-electron chi connectivity index (χ3n) is 1.51. The molecule has 16 heavy (non-hydrogen) atoms. The molecule has 0 fully saturated rings. The van der Waals surface area contributed by atoms with Crippen molar-refractivity contribution in [2.45, 2.75) is 27.7 Å². The van der Waals surface area contributed by atoms with Gasteiger partial charge in [-0.15, -0.1) is 6.58 Å². The molecule has 0 N–H and O–H groups in total. The first-order valence-corrected chi connectivity index (χ1v) is 6.14. The molecular weight excluding hydrogens is 218 g/mol. The van der Waals surface area contributed by atoms with Crippen LogP contribution in [0.3, 0.4) is 0 Å². The minimum Gasteiger partial charge on any atom is -0.407 e. The Balaban J connectivity index is 0. The minimum absolute atomic E-state index is 0.0448. The Morgan fingerprint density at radius 2 is 1.75 bits per heavy atom. The molecule has 0 heterocycles. The summed E-state index contributed by atoms with van der Waals surface area (Å²) in [5.74, 6) is 0.401. The van der Waals surface area contributed by atoms with E-state index >= 15 is 0 Å². The first-order valence-electron chi connectivity index (χ1n) is 4.99. The molecule has 0 aromatic carbocycles. The van der Waals surface area contributed by atoms with Crippen LogP contribution in [0.1, 0.15) is 27.7 Å². The molecule has 0 unspecified atom stereocenters. The fraction of sp³-hybridized carbons (Fsp3) is 0.462. The standard InChI is InChI=1S/C10H17NOS.C3H6/c1-8(10(3,4)5)7-11-9(2)12-13-6;1-3-2/h7H,1-2H2,3-6H3;3H,1H2,2H3/b11-7+;. The molecule has 0 radical (unpaired) electrons. The predicted octanol–water partition coefficient (Wildman–Crippen LogP) is 4.62. The maximum Gasteiger partial charge on any atom is 0.220 e. The number of nitrogens with zero attached hydrogens (tertiary/aromatic N) is 1. The van der Waals surface area contributed by atoms with Crippen molar-refractivity contribution in [2.75, 3.05) is 6.26 Å². The minimum atomic E-state index is 0.0448. The van der Waals surface area contributed by atoms with E-state index in [1.807, 2.05) is 13.2 Å². The smallest absolute Gasteiger partial charge is 0.220 e. The average molecular weight is 241 g/mol. The lowest BCUT2D eigenvalue weighted by Crippen LogP contribution is -2.09. The van der Waals surface area contributed by atoms with Gasteiger partial charge in [0.05, 0.1) is 12.0 Å². The predicted molar refractivity (Wildman–Crippen MR) is 76.7 cm³/mol. The highest BCUT2D eigenvalue weighted by Crippen LogP contribution is 2.21. The normalized spacial score (nSPS) is 10.3. The van der Waals surface area contributed by atoms with E-state index in [9.17, 15) is 0 Å². The van der Waals surface area contributed by atoms with Crippen molar-refractivity contribution in [3.8, 4) is 0 Å². The zero-order valence-electron chi connectivity index (χ0n) is 11.0. The van der Waals surface area contributed by atoms with Crippen LogP contribution in [-0.2, 0) is 4.18 Å². The van der Waals surface area contributed by atoms with Gasteiger partial charge in [0.15, 0.2) is 0 Å². The summed E-state index contributed by atoms with van der Waals surface area (Å²) in [6.07, 6.45) is 5.26. The van der Waals surface area contributed by atoms with Gasteiger partial charge in [0.25, 0.3) is 0 Å². The summed E-state index contributed by atoms with van der Waals surface area (Å²) in [7, 11) is 0. The number of aliphatic imine (C=N–C) groups is 1. The van der Waals surface area contributed by atoms with E-state index in [1.165, 1.54) is 12.0 Å². The highest BCUT2D eigenvalue weighted by atomic mass is 32.2. The monoisotopic (exact) mass is 241 g/mol. The van der Waals surface area contributed by atoms with Crippen LogP contribution in [0.25, 0.3) is 0 Å². The van der Waals surface area contributed by atoms with E-state index in [0.29, 0.717) is 5.88 Å². The lowest BCUT2D eigenvalue weighted by molar-refractivity contribution is 0.497. The number of allylic oxidation sites excluding steroid dienone is 2. The molecule has 0 saturated carbocycles. The molecule has 0 aliphatic heterocycles. The van der Waals surface area contributed by atoms with Crippen LogP contribution in [-0.4, -0.2) is 12.5 Å². The van der Waals surface area contributed by atoms with E-state index in [-0.39, 0.29) is 5.41 Å². The van der Waals surface area contributed by atoms with Crippen molar-refractivity contribution in [3.05, 3.63) is 37.3 Å². The summed E-state index contributed by atoms with van der Waals surface area (Å²) in [5.41, 5.74) is 1.00. The third-order valence-corrected chi connectivity index (χ3v) is 1.87. The van der Waals surface area contributed by atoms with Gasteiger partial charge in [-0.1, -0.05) is 33.4 Å². The maximum atomic E-state index is 4.99. The quantitative estimate of drug-likeness (QED) is 0.310. The van der Waals surface area contributed by atoms with E-state index < -0.39 is 0 Å². The van der Waals surface area contributed by atoms with Gasteiger partial charge in [0, 0.05) is 12.5 Å². The van der Waals surface area contributed by atoms with Gasteiger partial charge in [-0.2, -0.15) is 0 Å². The highest BCUT2D eigenvalue weighted by Gasteiger charge is 2.12. The van der Waals surface area contributed by atoms with Gasteiger partial charge >= 0.3 is 0 Å². The van der Waals surface area contributed by atoms with Crippen LogP contribution in [0.15, 0.2) is 42.3 Å². The van der Waals surface area contributed by atoms with Crippen molar-refractivity contribution in [1.29, 1.82) is 0 Å². The van der Waals surface area contributed by atoms with Gasteiger partial charge < -0.3 is 4.18 Å². The third kappa shape index (κ3) is 11.1. The second kappa shape index (κ2) is 9.28. The Morgan fingerprint density at radius 3 is 2.06 bits per heavy atom. The molecule has 0 rings (SSSR count). The van der Waals surface area contributed by atoms with Crippen LogP contribution >= 0.6 is 12.0 Å². The Bertz CT molecular complexity index is 262. The van der Waals surface area contributed by atoms with E-state index in [2.05, 4.69) is 45.5 Å². The van der Waals surface area contributed by atoms with Crippen molar-refractivity contribution < 1.29 is 4.18 Å². The molecule has 0 aliphatic carbocycles. The van der Waals surface area contributed by atoms with Gasteiger partial charge in [0.1, 0.15) is 0 Å². The summed E-state index contributed by atoms with van der Waals surface area (Å²) >= 11 is 1.23. The summed E-state index contributed by atoms with van der Waals surface area (Å²) in [5, 5.41) is 0. The summed E-state index contributed by atoms with van der Waals surface area (Å²) < 4.78 is 4.99. The molecule has 0 aromatic rings. The molecule has 0 atom stereocenters. The van der Waals surface area contributed by atoms with Crippen molar-refractivity contribution in [3.63, 3.8) is 0 Å². The average Bonchev–Trinajstić information content (AvgIpc) is 2.14. The zero-order chi connectivity index (χ0) is 13.2. The topological polar surface area (TPSA) is 21.6 Å². The van der Waals surface area contributed by atoms with Gasteiger partial charge in [-0.25, -0.2) is 4.99 Å². The van der Waals surface area contributed by atoms with Crippen LogP contribution in [0.4, 0.5) is 0 Å². The Kier molecular flexibility index (Phi) is 10.1. The first-order chi connectivity index (χ1) is 7.29. The van der Waals surface area contributed by atoms with E-state index in [4.69, 9.17) is 4.18 Å². The Labute approximate surface area is 104 Å². The molecule has 0 amide bonds. The van der Waals surface area contributed by atoms with Crippen molar-refractivity contribution in [1.82, 2.24) is 0 Å². The Hall–Kier alpha value is -0.960. The molecule has 0 saturated heterocycles. The molecule has 0 aromatic heterocycles. The lowest BCUT2D eigenvalue weighted by Gasteiger charge is -2.17. The van der Waals surface area contributed by atoms with E-state index in [1.54, 1.807) is 12.3 Å². The zero-order valence-corrected chi connectivity index (χ0v) is 11.9. The number of hydrogen-bond acceptors (Lipinski definition) is 3. The van der Waals surface area contributed by atoms with Gasteiger partial charge in [-0.3, -0.25) is 0 Å². The molecule has 0 bridgehead atoms. The summed E-state index contributed by atoms with van der Waals surface area (Å²) in [6.45, 7) is 19.0. The molecule has 0 aliphatic rings. The number of rotatable bonds is 4. The second-order valence-electron chi connectivity index (χ2n) is 4.09. The van der Waals surface area contributed by atoms with Crippen LogP contribution in [0.2, 0.25) is 0 Å². The molecule has 2 nitrogen and oxygen atoms in total. The van der Waals surface area contributed by atoms with Crippen molar-refractivity contribution in [2.24, 2.45) is 10.4 Å². The Morgan fingerprint density at radius 1 is 1.31 bits per heavy atom. The highest BCUT2D eigenvalue weighted by molar-refractivity contribution is 7.94. The van der Waals surface area contributed by atoms with Gasteiger partial charge in [-0.05, 0) is 24.5 Å². The van der Waals surface area contributed by atoms with Crippen LogP contribution in [0.5, 0.6) is 0 Å². The maximum absolute atomic E-state index is 4.99. The molecule has 3 heteroatoms. The SMILES string of the molecule is C=C(/N=C/C(=C)C(C)(C)C)OSC.C=CC. The molecular formula is C13H23NOS. The van der Waals surface area contributed by atoms with Crippen molar-refractivity contribution >= 4 is 18.3 Å².